The predicted molar refractivity (Wildman–Crippen MR) is 133 cm³/mol. The van der Waals surface area contributed by atoms with Crippen LogP contribution in [0.5, 0.6) is 0 Å². The Balaban J connectivity index is 1.79. The zero-order valence-corrected chi connectivity index (χ0v) is 18.6. The molecule has 0 atom stereocenters. The van der Waals surface area contributed by atoms with E-state index in [-0.39, 0.29) is 0 Å². The smallest absolute Gasteiger partial charge is 0.0468 e. The highest BCUT2D eigenvalue weighted by Gasteiger charge is 2.14. The van der Waals surface area contributed by atoms with Crippen LogP contribution in [0.1, 0.15) is 11.1 Å². The summed E-state index contributed by atoms with van der Waals surface area (Å²) in [5, 5.41) is 4.99. The number of nitrogens with zero attached hydrogens (tertiary/aromatic N) is 1. The second-order valence-corrected chi connectivity index (χ2v) is 8.68. The number of anilines is 3. The number of benzene rings is 5. The summed E-state index contributed by atoms with van der Waals surface area (Å²) in [6.07, 6.45) is 0. The maximum Gasteiger partial charge on any atom is 0.0468 e. The van der Waals surface area contributed by atoms with E-state index < -0.39 is 0 Å². The Morgan fingerprint density at radius 1 is 0.533 bits per heavy atom. The molecule has 0 aliphatic carbocycles. The first-order valence-corrected chi connectivity index (χ1v) is 10.9. The van der Waals surface area contributed by atoms with Crippen molar-refractivity contribution in [3.8, 4) is 0 Å². The minimum atomic E-state index is 1.13. The summed E-state index contributed by atoms with van der Waals surface area (Å²) >= 11 is 3.74. The molecule has 5 aromatic carbocycles. The molecule has 146 valence electrons. The van der Waals surface area contributed by atoms with Gasteiger partial charge in [0.15, 0.2) is 0 Å². The molecule has 5 rings (SSSR count). The molecule has 1 nitrogen and oxygen atoms in total. The van der Waals surface area contributed by atoms with Gasteiger partial charge in [-0.15, -0.1) is 0 Å². The molecular formula is C28H22BrN. The molecule has 0 fully saturated rings. The normalized spacial score (nSPS) is 11.2. The number of aryl methyl sites for hydroxylation is 2. The van der Waals surface area contributed by atoms with Crippen LogP contribution in [0.2, 0.25) is 0 Å². The summed E-state index contributed by atoms with van der Waals surface area (Å²) in [6.45, 7) is 4.28. The maximum absolute atomic E-state index is 3.74. The number of fused-ring (bicyclic) bond motifs is 3. The van der Waals surface area contributed by atoms with Gasteiger partial charge < -0.3 is 4.90 Å². The molecule has 0 spiro atoms. The molecule has 0 bridgehead atoms. The fraction of sp³-hybridized carbons (Fsp3) is 0.0714. The van der Waals surface area contributed by atoms with Crippen molar-refractivity contribution in [2.24, 2.45) is 0 Å². The van der Waals surface area contributed by atoms with Crippen LogP contribution in [-0.4, -0.2) is 0 Å². The van der Waals surface area contributed by atoms with Crippen LogP contribution in [0, 0.1) is 13.8 Å². The second kappa shape index (κ2) is 7.62. The minimum Gasteiger partial charge on any atom is -0.310 e. The van der Waals surface area contributed by atoms with Gasteiger partial charge in [-0.3, -0.25) is 0 Å². The lowest BCUT2D eigenvalue weighted by Gasteiger charge is -2.26. The first kappa shape index (κ1) is 18.9. The van der Waals surface area contributed by atoms with Crippen LogP contribution in [0.15, 0.2) is 102 Å². The SMILES string of the molecule is Cc1cccc(N(c2cccc(C)c2)c2ccc3cc(Br)c4ccccc4c3c2)c1. The third-order valence-electron chi connectivity index (χ3n) is 5.57. The molecular weight excluding hydrogens is 430 g/mol. The Morgan fingerprint density at radius 3 is 1.77 bits per heavy atom. The van der Waals surface area contributed by atoms with Gasteiger partial charge >= 0.3 is 0 Å². The van der Waals surface area contributed by atoms with Gasteiger partial charge in [0.2, 0.25) is 0 Å². The van der Waals surface area contributed by atoms with E-state index in [2.05, 4.69) is 132 Å². The Morgan fingerprint density at radius 2 is 1.13 bits per heavy atom. The molecule has 2 heteroatoms. The van der Waals surface area contributed by atoms with Gasteiger partial charge in [0, 0.05) is 21.5 Å². The summed E-state index contributed by atoms with van der Waals surface area (Å²) in [7, 11) is 0. The molecule has 0 aromatic heterocycles. The molecule has 30 heavy (non-hydrogen) atoms. The highest BCUT2D eigenvalue weighted by atomic mass is 79.9. The summed E-state index contributed by atoms with van der Waals surface area (Å²) in [6, 6.07) is 34.9. The summed E-state index contributed by atoms with van der Waals surface area (Å²) in [5.41, 5.74) is 5.99. The van der Waals surface area contributed by atoms with E-state index in [0.29, 0.717) is 0 Å². The van der Waals surface area contributed by atoms with E-state index in [1.807, 2.05) is 0 Å². The van der Waals surface area contributed by atoms with Crippen LogP contribution < -0.4 is 4.90 Å². The van der Waals surface area contributed by atoms with Crippen molar-refractivity contribution in [3.05, 3.63) is 113 Å². The predicted octanol–water partition coefficient (Wildman–Crippen LogP) is 8.84. The van der Waals surface area contributed by atoms with E-state index in [4.69, 9.17) is 0 Å². The zero-order chi connectivity index (χ0) is 20.7. The summed E-state index contributed by atoms with van der Waals surface area (Å²) in [4.78, 5) is 2.34. The molecule has 0 unspecified atom stereocenters. The third-order valence-corrected chi connectivity index (χ3v) is 6.23. The molecule has 0 heterocycles. The van der Waals surface area contributed by atoms with E-state index in [0.717, 1.165) is 10.2 Å². The van der Waals surface area contributed by atoms with Crippen LogP contribution >= 0.6 is 15.9 Å². The van der Waals surface area contributed by atoms with E-state index in [9.17, 15) is 0 Å². The average molecular weight is 452 g/mol. The lowest BCUT2D eigenvalue weighted by molar-refractivity contribution is 1.26. The Labute approximate surface area is 185 Å². The van der Waals surface area contributed by atoms with Crippen LogP contribution in [0.25, 0.3) is 21.5 Å². The fourth-order valence-electron chi connectivity index (χ4n) is 4.16. The quantitative estimate of drug-likeness (QED) is 0.247. The first-order chi connectivity index (χ1) is 14.6. The molecule has 0 aliphatic heterocycles. The highest BCUT2D eigenvalue weighted by Crippen LogP contribution is 2.39. The van der Waals surface area contributed by atoms with E-state index in [1.54, 1.807) is 0 Å². The lowest BCUT2D eigenvalue weighted by Crippen LogP contribution is -2.10. The summed E-state index contributed by atoms with van der Waals surface area (Å²) in [5.74, 6) is 0. The largest absolute Gasteiger partial charge is 0.310 e. The second-order valence-electron chi connectivity index (χ2n) is 7.82. The monoisotopic (exact) mass is 451 g/mol. The molecule has 0 saturated carbocycles. The molecule has 5 aromatic rings. The molecule has 0 aliphatic rings. The van der Waals surface area contributed by atoms with Crippen molar-refractivity contribution in [2.45, 2.75) is 13.8 Å². The maximum atomic E-state index is 3.74. The molecule has 0 radical (unpaired) electrons. The standard InChI is InChI=1S/C28H22BrN/c1-19-7-5-9-22(15-19)30(23-10-6-8-20(2)16-23)24-14-13-21-17-28(29)26-12-4-3-11-25(26)27(21)18-24/h3-18H,1-2H3. The van der Waals surface area contributed by atoms with Gasteiger partial charge in [0.05, 0.1) is 0 Å². The van der Waals surface area contributed by atoms with Gasteiger partial charge in [0.25, 0.3) is 0 Å². The molecule has 0 amide bonds. The van der Waals surface area contributed by atoms with Crippen molar-refractivity contribution >= 4 is 54.5 Å². The van der Waals surface area contributed by atoms with Crippen molar-refractivity contribution in [1.82, 2.24) is 0 Å². The van der Waals surface area contributed by atoms with Gasteiger partial charge in [0.1, 0.15) is 0 Å². The van der Waals surface area contributed by atoms with Crippen molar-refractivity contribution in [2.75, 3.05) is 4.90 Å². The van der Waals surface area contributed by atoms with E-state index >= 15 is 0 Å². The number of rotatable bonds is 3. The first-order valence-electron chi connectivity index (χ1n) is 10.1. The number of hydrogen-bond acceptors (Lipinski definition) is 1. The third kappa shape index (κ3) is 3.38. The number of halogens is 1. The van der Waals surface area contributed by atoms with Gasteiger partial charge in [-0.25, -0.2) is 0 Å². The van der Waals surface area contributed by atoms with E-state index in [1.165, 1.54) is 44.0 Å². The zero-order valence-electron chi connectivity index (χ0n) is 17.1. The number of hydrogen-bond donors (Lipinski definition) is 0. The van der Waals surface area contributed by atoms with Crippen LogP contribution in [0.3, 0.4) is 0 Å². The van der Waals surface area contributed by atoms with Crippen molar-refractivity contribution < 1.29 is 0 Å². The summed E-state index contributed by atoms with van der Waals surface area (Å²) < 4.78 is 1.13. The highest BCUT2D eigenvalue weighted by molar-refractivity contribution is 9.10. The van der Waals surface area contributed by atoms with Gasteiger partial charge in [-0.1, -0.05) is 70.5 Å². The minimum absolute atomic E-state index is 1.13. The van der Waals surface area contributed by atoms with Crippen LogP contribution in [-0.2, 0) is 0 Å². The lowest BCUT2D eigenvalue weighted by atomic mass is 10.0. The topological polar surface area (TPSA) is 3.24 Å². The average Bonchev–Trinajstić information content (AvgIpc) is 2.75. The van der Waals surface area contributed by atoms with Crippen molar-refractivity contribution in [3.63, 3.8) is 0 Å². The molecule has 0 N–H and O–H groups in total. The molecule has 0 saturated heterocycles. The van der Waals surface area contributed by atoms with Gasteiger partial charge in [-0.2, -0.15) is 0 Å². The van der Waals surface area contributed by atoms with Gasteiger partial charge in [-0.05, 0) is 89.0 Å². The Kier molecular flexibility index (Phi) is 4.80. The Bertz CT molecular complexity index is 1340. The van der Waals surface area contributed by atoms with Crippen LogP contribution in [0.4, 0.5) is 17.1 Å². The Hall–Kier alpha value is -3.10. The van der Waals surface area contributed by atoms with Crippen molar-refractivity contribution in [1.29, 1.82) is 0 Å². The fourth-order valence-corrected chi connectivity index (χ4v) is 4.76.